The van der Waals surface area contributed by atoms with Crippen molar-refractivity contribution in [3.8, 4) is 0 Å². The van der Waals surface area contributed by atoms with Crippen LogP contribution in [0, 0.1) is 0 Å². The SMILES string of the molecule is CCCCN(CC(=O)N1CCN(CC)CC1)S(C)(=O)=O. The molecule has 0 bridgehead atoms. The van der Waals surface area contributed by atoms with E-state index in [2.05, 4.69) is 11.8 Å². The number of amides is 1. The highest BCUT2D eigenvalue weighted by molar-refractivity contribution is 7.88. The van der Waals surface area contributed by atoms with Gasteiger partial charge in [0.2, 0.25) is 15.9 Å². The van der Waals surface area contributed by atoms with Crippen molar-refractivity contribution in [2.24, 2.45) is 0 Å². The van der Waals surface area contributed by atoms with Crippen molar-refractivity contribution in [3.05, 3.63) is 0 Å². The Morgan fingerprint density at radius 1 is 1.15 bits per heavy atom. The molecule has 0 aliphatic carbocycles. The van der Waals surface area contributed by atoms with Gasteiger partial charge in [0.25, 0.3) is 0 Å². The Labute approximate surface area is 122 Å². The lowest BCUT2D eigenvalue weighted by Crippen LogP contribution is -2.51. The largest absolute Gasteiger partial charge is 0.339 e. The lowest BCUT2D eigenvalue weighted by Gasteiger charge is -2.35. The van der Waals surface area contributed by atoms with Crippen LogP contribution in [0.5, 0.6) is 0 Å². The maximum absolute atomic E-state index is 12.2. The molecule has 20 heavy (non-hydrogen) atoms. The minimum atomic E-state index is -3.31. The number of unbranched alkanes of at least 4 members (excludes halogenated alkanes) is 1. The molecule has 0 spiro atoms. The van der Waals surface area contributed by atoms with Crippen LogP contribution in [0.2, 0.25) is 0 Å². The molecule has 0 aromatic carbocycles. The minimum absolute atomic E-state index is 0.0229. The van der Waals surface area contributed by atoms with E-state index in [1.165, 1.54) is 10.6 Å². The van der Waals surface area contributed by atoms with Crippen molar-refractivity contribution in [2.75, 3.05) is 52.1 Å². The molecule has 7 heteroatoms. The van der Waals surface area contributed by atoms with Crippen molar-refractivity contribution < 1.29 is 13.2 Å². The van der Waals surface area contributed by atoms with E-state index in [-0.39, 0.29) is 12.5 Å². The first-order valence-electron chi connectivity index (χ1n) is 7.33. The number of carbonyl (C=O) groups excluding carboxylic acids is 1. The molecule has 0 aromatic heterocycles. The van der Waals surface area contributed by atoms with Gasteiger partial charge in [-0.2, -0.15) is 4.31 Å². The molecule has 1 aliphatic heterocycles. The Bertz CT molecular complexity index is 403. The van der Waals surface area contributed by atoms with E-state index < -0.39 is 10.0 Å². The summed E-state index contributed by atoms with van der Waals surface area (Å²) in [5.74, 6) is -0.0812. The first kappa shape index (κ1) is 17.4. The maximum Gasteiger partial charge on any atom is 0.237 e. The molecule has 1 fully saturated rings. The maximum atomic E-state index is 12.2. The summed E-state index contributed by atoms with van der Waals surface area (Å²) in [6.45, 7) is 8.64. The lowest BCUT2D eigenvalue weighted by atomic mass is 10.3. The van der Waals surface area contributed by atoms with Crippen molar-refractivity contribution >= 4 is 15.9 Å². The molecule has 0 aromatic rings. The summed E-state index contributed by atoms with van der Waals surface area (Å²) < 4.78 is 24.7. The van der Waals surface area contributed by atoms with E-state index in [0.717, 1.165) is 32.5 Å². The van der Waals surface area contributed by atoms with Crippen molar-refractivity contribution in [1.82, 2.24) is 14.1 Å². The van der Waals surface area contributed by atoms with Gasteiger partial charge in [-0.15, -0.1) is 0 Å². The van der Waals surface area contributed by atoms with Crippen LogP contribution in [0.25, 0.3) is 0 Å². The van der Waals surface area contributed by atoms with Gasteiger partial charge >= 0.3 is 0 Å². The van der Waals surface area contributed by atoms with Crippen LogP contribution in [0.15, 0.2) is 0 Å². The van der Waals surface area contributed by atoms with Gasteiger partial charge < -0.3 is 9.80 Å². The van der Waals surface area contributed by atoms with Gasteiger partial charge in [0.15, 0.2) is 0 Å². The number of likely N-dealkylation sites (N-methyl/N-ethyl adjacent to an activating group) is 1. The van der Waals surface area contributed by atoms with E-state index in [4.69, 9.17) is 0 Å². The lowest BCUT2D eigenvalue weighted by molar-refractivity contribution is -0.133. The number of hydrogen-bond acceptors (Lipinski definition) is 4. The predicted octanol–water partition coefficient (Wildman–Crippen LogP) is 0.212. The van der Waals surface area contributed by atoms with Crippen LogP contribution in [0.3, 0.4) is 0 Å². The number of rotatable bonds is 7. The first-order chi connectivity index (χ1) is 9.38. The van der Waals surface area contributed by atoms with Crippen molar-refractivity contribution in [1.29, 1.82) is 0 Å². The zero-order chi connectivity index (χ0) is 15.2. The Hall–Kier alpha value is -0.660. The van der Waals surface area contributed by atoms with E-state index in [9.17, 15) is 13.2 Å². The van der Waals surface area contributed by atoms with Gasteiger partial charge in [-0.25, -0.2) is 8.42 Å². The molecule has 0 unspecified atom stereocenters. The molecule has 0 radical (unpaired) electrons. The molecule has 6 nitrogen and oxygen atoms in total. The van der Waals surface area contributed by atoms with Crippen LogP contribution in [-0.2, 0) is 14.8 Å². The molecule has 1 amide bonds. The second-order valence-corrected chi connectivity index (χ2v) is 7.25. The van der Waals surface area contributed by atoms with Gasteiger partial charge in [-0.1, -0.05) is 20.3 Å². The monoisotopic (exact) mass is 305 g/mol. The van der Waals surface area contributed by atoms with Gasteiger partial charge in [0.05, 0.1) is 12.8 Å². The number of carbonyl (C=O) groups is 1. The number of sulfonamides is 1. The van der Waals surface area contributed by atoms with E-state index >= 15 is 0 Å². The molecular formula is C13H27N3O3S. The van der Waals surface area contributed by atoms with E-state index in [1.54, 1.807) is 4.90 Å². The molecule has 0 atom stereocenters. The van der Waals surface area contributed by atoms with Gasteiger partial charge in [-0.05, 0) is 13.0 Å². The standard InChI is InChI=1S/C13H27N3O3S/c1-4-6-7-16(20(3,18)19)12-13(17)15-10-8-14(5-2)9-11-15/h4-12H2,1-3H3. The molecule has 118 valence electrons. The smallest absolute Gasteiger partial charge is 0.237 e. The molecule has 1 saturated heterocycles. The number of hydrogen-bond donors (Lipinski definition) is 0. The highest BCUT2D eigenvalue weighted by Gasteiger charge is 2.25. The Balaban J connectivity index is 2.54. The quantitative estimate of drug-likeness (QED) is 0.675. The average Bonchev–Trinajstić information content (AvgIpc) is 2.42. The third-order valence-electron chi connectivity index (χ3n) is 3.71. The summed E-state index contributed by atoms with van der Waals surface area (Å²) in [7, 11) is -3.31. The third-order valence-corrected chi connectivity index (χ3v) is 4.96. The minimum Gasteiger partial charge on any atom is -0.339 e. The number of piperazine rings is 1. The van der Waals surface area contributed by atoms with Crippen molar-refractivity contribution in [2.45, 2.75) is 26.7 Å². The highest BCUT2D eigenvalue weighted by atomic mass is 32.2. The predicted molar refractivity (Wildman–Crippen MR) is 80.0 cm³/mol. The van der Waals surface area contributed by atoms with E-state index in [0.29, 0.717) is 19.6 Å². The van der Waals surface area contributed by atoms with Crippen LogP contribution in [0.4, 0.5) is 0 Å². The zero-order valence-electron chi connectivity index (χ0n) is 12.8. The average molecular weight is 305 g/mol. The van der Waals surface area contributed by atoms with E-state index in [1.807, 2.05) is 6.92 Å². The van der Waals surface area contributed by atoms with Crippen molar-refractivity contribution in [3.63, 3.8) is 0 Å². The van der Waals surface area contributed by atoms with Crippen LogP contribution < -0.4 is 0 Å². The Morgan fingerprint density at radius 2 is 1.75 bits per heavy atom. The highest BCUT2D eigenvalue weighted by Crippen LogP contribution is 2.06. The van der Waals surface area contributed by atoms with Crippen LogP contribution in [0.1, 0.15) is 26.7 Å². The summed E-state index contributed by atoms with van der Waals surface area (Å²) in [5, 5.41) is 0. The summed E-state index contributed by atoms with van der Waals surface area (Å²) in [5.41, 5.74) is 0. The number of nitrogens with zero attached hydrogens (tertiary/aromatic N) is 3. The summed E-state index contributed by atoms with van der Waals surface area (Å²) in [6, 6.07) is 0. The molecule has 0 saturated carbocycles. The molecule has 1 aliphatic rings. The third kappa shape index (κ3) is 5.38. The second kappa shape index (κ2) is 7.95. The Morgan fingerprint density at radius 3 is 2.20 bits per heavy atom. The molecular weight excluding hydrogens is 278 g/mol. The normalized spacial score (nSPS) is 17.7. The first-order valence-corrected chi connectivity index (χ1v) is 9.18. The summed E-state index contributed by atoms with van der Waals surface area (Å²) in [6.07, 6.45) is 2.87. The van der Waals surface area contributed by atoms with Gasteiger partial charge in [-0.3, -0.25) is 4.79 Å². The summed E-state index contributed by atoms with van der Waals surface area (Å²) in [4.78, 5) is 16.3. The second-order valence-electron chi connectivity index (χ2n) is 5.27. The molecule has 1 heterocycles. The molecule has 0 N–H and O–H groups in total. The fourth-order valence-electron chi connectivity index (χ4n) is 2.26. The topological polar surface area (TPSA) is 60.9 Å². The summed E-state index contributed by atoms with van der Waals surface area (Å²) >= 11 is 0. The van der Waals surface area contributed by atoms with Crippen LogP contribution in [-0.4, -0.2) is 80.5 Å². The van der Waals surface area contributed by atoms with Gasteiger partial charge in [0.1, 0.15) is 0 Å². The fraction of sp³-hybridized carbons (Fsp3) is 0.923. The Kier molecular flexibility index (Phi) is 6.91. The molecule has 1 rings (SSSR count). The van der Waals surface area contributed by atoms with Gasteiger partial charge in [0, 0.05) is 32.7 Å². The van der Waals surface area contributed by atoms with Crippen LogP contribution >= 0.6 is 0 Å². The fourth-order valence-corrected chi connectivity index (χ4v) is 3.07. The zero-order valence-corrected chi connectivity index (χ0v) is 13.7.